The lowest BCUT2D eigenvalue weighted by Gasteiger charge is -2.11. The van der Waals surface area contributed by atoms with Crippen molar-refractivity contribution in [2.75, 3.05) is 5.32 Å². The van der Waals surface area contributed by atoms with Crippen molar-refractivity contribution >= 4 is 23.2 Å². The van der Waals surface area contributed by atoms with Crippen LogP contribution >= 0.6 is 11.6 Å². The van der Waals surface area contributed by atoms with E-state index in [-0.39, 0.29) is 5.91 Å². The van der Waals surface area contributed by atoms with Crippen LogP contribution < -0.4 is 5.32 Å². The summed E-state index contributed by atoms with van der Waals surface area (Å²) in [6.07, 6.45) is 1.61. The molecular weight excluding hydrogens is 300 g/mol. The van der Waals surface area contributed by atoms with Gasteiger partial charge in [-0.1, -0.05) is 35.9 Å². The van der Waals surface area contributed by atoms with Gasteiger partial charge in [-0.25, -0.2) is 0 Å². The molecule has 0 saturated heterocycles. The van der Waals surface area contributed by atoms with E-state index in [4.69, 9.17) is 11.6 Å². The fourth-order valence-electron chi connectivity index (χ4n) is 2.15. The summed E-state index contributed by atoms with van der Waals surface area (Å²) >= 11 is 6.06. The van der Waals surface area contributed by atoms with Crippen molar-refractivity contribution in [3.8, 4) is 11.4 Å². The Labute approximate surface area is 132 Å². The number of hydrogen-bond acceptors (Lipinski definition) is 3. The van der Waals surface area contributed by atoms with Crippen molar-refractivity contribution in [2.24, 2.45) is 7.05 Å². The van der Waals surface area contributed by atoms with Crippen molar-refractivity contribution in [2.45, 2.75) is 0 Å². The van der Waals surface area contributed by atoms with Gasteiger partial charge in [0.2, 0.25) is 0 Å². The number of aryl methyl sites for hydroxylation is 1. The number of nitrogens with zero attached hydrogens (tertiary/aromatic N) is 3. The van der Waals surface area contributed by atoms with Gasteiger partial charge in [0, 0.05) is 12.6 Å². The Morgan fingerprint density at radius 1 is 1.14 bits per heavy atom. The van der Waals surface area contributed by atoms with Gasteiger partial charge in [-0.05, 0) is 24.3 Å². The van der Waals surface area contributed by atoms with E-state index in [0.29, 0.717) is 22.1 Å². The van der Waals surface area contributed by atoms with Crippen LogP contribution in [0.4, 0.5) is 5.69 Å². The molecule has 0 fully saturated rings. The molecular formula is C16H13ClN4O. The van der Waals surface area contributed by atoms with Crippen molar-refractivity contribution in [3.63, 3.8) is 0 Å². The first-order chi connectivity index (χ1) is 10.7. The molecule has 0 aliphatic carbocycles. The second-order valence-corrected chi connectivity index (χ2v) is 5.15. The number of benzene rings is 2. The van der Waals surface area contributed by atoms with Crippen LogP contribution in [-0.2, 0) is 7.05 Å². The largest absolute Gasteiger partial charge is 0.321 e. The highest BCUT2D eigenvalue weighted by Crippen LogP contribution is 2.26. The lowest BCUT2D eigenvalue weighted by atomic mass is 10.1. The number of hydrogen-bond donors (Lipinski definition) is 1. The number of rotatable bonds is 3. The lowest BCUT2D eigenvalue weighted by molar-refractivity contribution is 0.102. The van der Waals surface area contributed by atoms with Crippen molar-refractivity contribution < 1.29 is 4.79 Å². The fourth-order valence-corrected chi connectivity index (χ4v) is 2.37. The maximum absolute atomic E-state index is 12.4. The van der Waals surface area contributed by atoms with Crippen LogP contribution in [0.5, 0.6) is 0 Å². The van der Waals surface area contributed by atoms with E-state index >= 15 is 0 Å². The third-order valence-electron chi connectivity index (χ3n) is 3.25. The summed E-state index contributed by atoms with van der Waals surface area (Å²) in [7, 11) is 1.85. The summed E-state index contributed by atoms with van der Waals surface area (Å²) in [6.45, 7) is 0. The number of para-hydroxylation sites is 1. The molecule has 0 saturated carbocycles. The van der Waals surface area contributed by atoms with Gasteiger partial charge in [0.05, 0.1) is 16.3 Å². The molecule has 0 unspecified atom stereocenters. The average molecular weight is 313 g/mol. The summed E-state index contributed by atoms with van der Waals surface area (Å²) in [5, 5.41) is 11.2. The minimum Gasteiger partial charge on any atom is -0.321 e. The Bertz CT molecular complexity index is 828. The average Bonchev–Trinajstić information content (AvgIpc) is 2.94. The number of nitrogens with one attached hydrogen (secondary N) is 1. The van der Waals surface area contributed by atoms with Crippen LogP contribution in [0.2, 0.25) is 5.02 Å². The first kappa shape index (κ1) is 14.3. The zero-order valence-electron chi connectivity index (χ0n) is 11.8. The minimum absolute atomic E-state index is 0.264. The van der Waals surface area contributed by atoms with Crippen molar-refractivity contribution in [3.05, 3.63) is 65.4 Å². The Morgan fingerprint density at radius 3 is 2.59 bits per heavy atom. The Hall–Kier alpha value is -2.66. The number of amides is 1. The second-order valence-electron chi connectivity index (χ2n) is 4.75. The van der Waals surface area contributed by atoms with Crippen LogP contribution in [-0.4, -0.2) is 20.7 Å². The van der Waals surface area contributed by atoms with Crippen LogP contribution in [0, 0.1) is 0 Å². The van der Waals surface area contributed by atoms with Gasteiger partial charge in [-0.3, -0.25) is 4.79 Å². The van der Waals surface area contributed by atoms with E-state index in [1.54, 1.807) is 35.2 Å². The second kappa shape index (κ2) is 5.99. The molecule has 0 aliphatic rings. The van der Waals surface area contributed by atoms with Crippen molar-refractivity contribution in [1.29, 1.82) is 0 Å². The van der Waals surface area contributed by atoms with E-state index in [1.807, 2.05) is 31.3 Å². The number of carbonyl (C=O) groups excluding carboxylic acids is 1. The molecule has 2 aromatic carbocycles. The van der Waals surface area contributed by atoms with Gasteiger partial charge in [0.1, 0.15) is 6.33 Å². The molecule has 6 heteroatoms. The van der Waals surface area contributed by atoms with Gasteiger partial charge in [-0.15, -0.1) is 10.2 Å². The van der Waals surface area contributed by atoms with E-state index in [2.05, 4.69) is 15.5 Å². The summed E-state index contributed by atoms with van der Waals surface area (Å²) in [5.74, 6) is 0.412. The van der Waals surface area contributed by atoms with Crippen LogP contribution in [0.3, 0.4) is 0 Å². The molecule has 5 nitrogen and oxygen atoms in total. The zero-order valence-corrected chi connectivity index (χ0v) is 12.6. The molecule has 1 heterocycles. The van der Waals surface area contributed by atoms with Gasteiger partial charge in [0.25, 0.3) is 5.91 Å². The predicted molar refractivity (Wildman–Crippen MR) is 85.8 cm³/mol. The first-order valence-electron chi connectivity index (χ1n) is 6.66. The van der Waals surface area contributed by atoms with Crippen molar-refractivity contribution in [1.82, 2.24) is 14.8 Å². The third-order valence-corrected chi connectivity index (χ3v) is 3.58. The molecule has 0 radical (unpaired) electrons. The SMILES string of the molecule is Cn1cnnc1-c1ccccc1NC(=O)c1ccccc1Cl. The highest BCUT2D eigenvalue weighted by Gasteiger charge is 2.14. The predicted octanol–water partition coefficient (Wildman–Crippen LogP) is 3.39. The molecule has 3 aromatic rings. The van der Waals surface area contributed by atoms with Gasteiger partial charge < -0.3 is 9.88 Å². The first-order valence-corrected chi connectivity index (χ1v) is 7.04. The summed E-state index contributed by atoms with van der Waals surface area (Å²) in [4.78, 5) is 12.4. The molecule has 1 N–H and O–H groups in total. The molecule has 1 amide bonds. The monoisotopic (exact) mass is 312 g/mol. The summed E-state index contributed by atoms with van der Waals surface area (Å²) in [5.41, 5.74) is 1.88. The normalized spacial score (nSPS) is 10.5. The fraction of sp³-hybridized carbons (Fsp3) is 0.0625. The number of carbonyl (C=O) groups is 1. The van der Waals surface area contributed by atoms with Crippen LogP contribution in [0.15, 0.2) is 54.9 Å². The smallest absolute Gasteiger partial charge is 0.257 e. The molecule has 110 valence electrons. The lowest BCUT2D eigenvalue weighted by Crippen LogP contribution is -2.13. The molecule has 0 spiro atoms. The van der Waals surface area contributed by atoms with E-state index in [9.17, 15) is 4.79 Å². The van der Waals surface area contributed by atoms with Gasteiger partial charge in [-0.2, -0.15) is 0 Å². The summed E-state index contributed by atoms with van der Waals surface area (Å²) in [6, 6.07) is 14.4. The maximum atomic E-state index is 12.4. The molecule has 0 bridgehead atoms. The maximum Gasteiger partial charge on any atom is 0.257 e. The minimum atomic E-state index is -0.264. The number of aromatic nitrogens is 3. The Kier molecular flexibility index (Phi) is 3.89. The van der Waals surface area contributed by atoms with E-state index < -0.39 is 0 Å². The molecule has 22 heavy (non-hydrogen) atoms. The summed E-state index contributed by atoms with van der Waals surface area (Å²) < 4.78 is 1.79. The molecule has 0 aliphatic heterocycles. The number of anilines is 1. The Morgan fingerprint density at radius 2 is 1.86 bits per heavy atom. The Balaban J connectivity index is 1.96. The van der Waals surface area contributed by atoms with E-state index in [1.165, 1.54) is 0 Å². The van der Waals surface area contributed by atoms with Crippen LogP contribution in [0.25, 0.3) is 11.4 Å². The molecule has 1 aromatic heterocycles. The molecule has 3 rings (SSSR count). The molecule has 0 atom stereocenters. The third kappa shape index (κ3) is 2.71. The van der Waals surface area contributed by atoms with Crippen LogP contribution in [0.1, 0.15) is 10.4 Å². The highest BCUT2D eigenvalue weighted by molar-refractivity contribution is 6.34. The number of halogens is 1. The van der Waals surface area contributed by atoms with E-state index in [0.717, 1.165) is 5.56 Å². The quantitative estimate of drug-likeness (QED) is 0.806. The van der Waals surface area contributed by atoms with Gasteiger partial charge >= 0.3 is 0 Å². The zero-order chi connectivity index (χ0) is 15.5. The highest BCUT2D eigenvalue weighted by atomic mass is 35.5. The topological polar surface area (TPSA) is 59.8 Å². The van der Waals surface area contributed by atoms with Gasteiger partial charge in [0.15, 0.2) is 5.82 Å². The standard InChI is InChI=1S/C16H13ClN4O/c1-21-10-18-20-15(21)12-7-3-5-9-14(12)19-16(22)11-6-2-4-8-13(11)17/h2-10H,1H3,(H,19,22).